The highest BCUT2D eigenvalue weighted by atomic mass is 35.5. The number of ether oxygens (including phenoxy) is 1. The van der Waals surface area contributed by atoms with Gasteiger partial charge in [0.25, 0.3) is 0 Å². The summed E-state index contributed by atoms with van der Waals surface area (Å²) in [5, 5.41) is 3.74. The Bertz CT molecular complexity index is 557. The molecule has 0 spiro atoms. The molecule has 5 nitrogen and oxygen atoms in total. The fourth-order valence-corrected chi connectivity index (χ4v) is 2.98. The van der Waals surface area contributed by atoms with Gasteiger partial charge in [0.1, 0.15) is 5.75 Å². The van der Waals surface area contributed by atoms with Crippen molar-refractivity contribution in [3.05, 3.63) is 23.2 Å². The zero-order valence-electron chi connectivity index (χ0n) is 14.4. The molecule has 3 unspecified atom stereocenters. The minimum Gasteiger partial charge on any atom is -0.495 e. The van der Waals surface area contributed by atoms with Crippen LogP contribution >= 0.6 is 24.0 Å². The first-order valence-electron chi connectivity index (χ1n) is 8.10. The molecule has 0 saturated carbocycles. The molecule has 1 aliphatic heterocycles. The van der Waals surface area contributed by atoms with Gasteiger partial charge in [-0.15, -0.1) is 12.4 Å². The number of benzene rings is 1. The lowest BCUT2D eigenvalue weighted by molar-refractivity contribution is -0.124. The number of nitrogens with two attached hydrogens (primary N) is 1. The summed E-state index contributed by atoms with van der Waals surface area (Å²) in [7, 11) is 1.65. The molecule has 0 aromatic heterocycles. The number of halogens is 2. The highest BCUT2D eigenvalue weighted by Crippen LogP contribution is 2.33. The van der Waals surface area contributed by atoms with Crippen LogP contribution in [0.15, 0.2) is 18.2 Å². The first-order chi connectivity index (χ1) is 11.0. The highest BCUT2D eigenvalue weighted by molar-refractivity contribution is 6.30. The second kappa shape index (κ2) is 9.35. The van der Waals surface area contributed by atoms with Gasteiger partial charge in [0, 0.05) is 24.2 Å². The van der Waals surface area contributed by atoms with E-state index < -0.39 is 6.04 Å². The van der Waals surface area contributed by atoms with Gasteiger partial charge in [0.15, 0.2) is 0 Å². The Balaban J connectivity index is 0.00000288. The Morgan fingerprint density at radius 2 is 2.25 bits per heavy atom. The van der Waals surface area contributed by atoms with Crippen LogP contribution in [0.3, 0.4) is 0 Å². The molecule has 2 rings (SSSR count). The molecule has 1 aromatic carbocycles. The minimum absolute atomic E-state index is 0. The summed E-state index contributed by atoms with van der Waals surface area (Å²) in [4.78, 5) is 14.4. The van der Waals surface area contributed by atoms with Crippen molar-refractivity contribution in [3.63, 3.8) is 0 Å². The summed E-state index contributed by atoms with van der Waals surface area (Å²) in [5.74, 6) is 0.905. The molecule has 1 aromatic rings. The lowest BCUT2D eigenvalue weighted by atomic mass is 9.99. The number of nitrogens with zero attached hydrogens (tertiary/aromatic N) is 1. The summed E-state index contributed by atoms with van der Waals surface area (Å²) in [6.07, 6.45) is 1.78. The van der Waals surface area contributed by atoms with E-state index in [-0.39, 0.29) is 30.3 Å². The summed E-state index contributed by atoms with van der Waals surface area (Å²) in [5.41, 5.74) is 6.96. The third-order valence-electron chi connectivity index (χ3n) is 4.58. The predicted molar refractivity (Wildman–Crippen MR) is 101 cm³/mol. The van der Waals surface area contributed by atoms with E-state index in [4.69, 9.17) is 22.1 Å². The lowest BCUT2D eigenvalue weighted by Crippen LogP contribution is -2.49. The van der Waals surface area contributed by atoms with Crippen LogP contribution in [0.2, 0.25) is 5.02 Å². The molecular formula is C17H27Cl2N3O2. The number of carbonyl (C=O) groups is 1. The number of anilines is 1. The van der Waals surface area contributed by atoms with E-state index in [0.29, 0.717) is 5.02 Å². The Morgan fingerprint density at radius 3 is 2.88 bits per heavy atom. The van der Waals surface area contributed by atoms with Crippen LogP contribution in [0, 0.1) is 5.92 Å². The average molecular weight is 376 g/mol. The number of hydrogen-bond donors (Lipinski definition) is 2. The van der Waals surface area contributed by atoms with Crippen molar-refractivity contribution in [3.8, 4) is 5.75 Å². The molecule has 1 amide bonds. The van der Waals surface area contributed by atoms with E-state index in [1.807, 2.05) is 32.0 Å². The van der Waals surface area contributed by atoms with Gasteiger partial charge in [0.05, 0.1) is 18.8 Å². The van der Waals surface area contributed by atoms with Gasteiger partial charge in [0.2, 0.25) is 5.91 Å². The predicted octanol–water partition coefficient (Wildman–Crippen LogP) is 2.84. The van der Waals surface area contributed by atoms with Crippen molar-refractivity contribution < 1.29 is 9.53 Å². The van der Waals surface area contributed by atoms with Crippen molar-refractivity contribution in [1.29, 1.82) is 0 Å². The van der Waals surface area contributed by atoms with Gasteiger partial charge in [-0.3, -0.25) is 4.79 Å². The summed E-state index contributed by atoms with van der Waals surface area (Å²) in [6.45, 7) is 5.62. The van der Waals surface area contributed by atoms with Crippen LogP contribution < -0.4 is 20.7 Å². The SMILES string of the molecule is CCC(C)C(N)C(=O)NC1CCN(c2cc(Cl)ccc2OC)C1.Cl. The van der Waals surface area contributed by atoms with E-state index >= 15 is 0 Å². The Hall–Kier alpha value is -1.17. The second-order valence-electron chi connectivity index (χ2n) is 6.17. The van der Waals surface area contributed by atoms with E-state index in [1.165, 1.54) is 0 Å². The lowest BCUT2D eigenvalue weighted by Gasteiger charge is -2.23. The van der Waals surface area contributed by atoms with E-state index in [0.717, 1.165) is 37.4 Å². The monoisotopic (exact) mass is 375 g/mol. The van der Waals surface area contributed by atoms with Crippen molar-refractivity contribution in [2.24, 2.45) is 11.7 Å². The number of rotatable bonds is 6. The topological polar surface area (TPSA) is 67.6 Å². The van der Waals surface area contributed by atoms with Gasteiger partial charge in [-0.05, 0) is 30.5 Å². The van der Waals surface area contributed by atoms with E-state index in [9.17, 15) is 4.79 Å². The third-order valence-corrected chi connectivity index (χ3v) is 4.81. The molecule has 3 atom stereocenters. The Labute approximate surface area is 155 Å². The van der Waals surface area contributed by atoms with Gasteiger partial charge in [-0.2, -0.15) is 0 Å². The molecule has 7 heteroatoms. The van der Waals surface area contributed by atoms with Gasteiger partial charge in [-0.25, -0.2) is 0 Å². The van der Waals surface area contributed by atoms with Crippen LogP contribution in [0.5, 0.6) is 5.75 Å². The Morgan fingerprint density at radius 1 is 1.54 bits per heavy atom. The molecule has 1 heterocycles. The summed E-state index contributed by atoms with van der Waals surface area (Å²) >= 11 is 6.10. The van der Waals surface area contributed by atoms with Crippen LogP contribution in [-0.4, -0.2) is 38.2 Å². The van der Waals surface area contributed by atoms with Crippen LogP contribution in [0.4, 0.5) is 5.69 Å². The maximum absolute atomic E-state index is 12.2. The zero-order chi connectivity index (χ0) is 17.0. The fraction of sp³-hybridized carbons (Fsp3) is 0.588. The van der Waals surface area contributed by atoms with Gasteiger partial charge < -0.3 is 20.7 Å². The molecule has 0 aliphatic carbocycles. The second-order valence-corrected chi connectivity index (χ2v) is 6.60. The van der Waals surface area contributed by atoms with Crippen molar-refractivity contribution >= 4 is 35.6 Å². The van der Waals surface area contributed by atoms with Gasteiger partial charge >= 0.3 is 0 Å². The summed E-state index contributed by atoms with van der Waals surface area (Å²) < 4.78 is 5.41. The van der Waals surface area contributed by atoms with Gasteiger partial charge in [-0.1, -0.05) is 31.9 Å². The molecule has 0 bridgehead atoms. The molecular weight excluding hydrogens is 349 g/mol. The average Bonchev–Trinajstić information content (AvgIpc) is 3.01. The van der Waals surface area contributed by atoms with Crippen LogP contribution in [-0.2, 0) is 4.79 Å². The molecule has 1 fully saturated rings. The van der Waals surface area contributed by atoms with E-state index in [2.05, 4.69) is 10.2 Å². The number of amides is 1. The van der Waals surface area contributed by atoms with E-state index in [1.54, 1.807) is 7.11 Å². The maximum Gasteiger partial charge on any atom is 0.237 e. The molecule has 136 valence electrons. The van der Waals surface area contributed by atoms with Crippen LogP contribution in [0.25, 0.3) is 0 Å². The summed E-state index contributed by atoms with van der Waals surface area (Å²) in [6, 6.07) is 5.22. The standard InChI is InChI=1S/C17H26ClN3O2.ClH/c1-4-11(2)16(19)17(22)20-13-7-8-21(10-13)14-9-12(18)5-6-15(14)23-3;/h5-6,9,11,13,16H,4,7-8,10,19H2,1-3H3,(H,20,22);1H. The van der Waals surface area contributed by atoms with Crippen molar-refractivity contribution in [2.75, 3.05) is 25.1 Å². The van der Waals surface area contributed by atoms with Crippen molar-refractivity contribution in [1.82, 2.24) is 5.32 Å². The normalized spacial score (nSPS) is 19.4. The largest absolute Gasteiger partial charge is 0.495 e. The maximum atomic E-state index is 12.2. The molecule has 1 aliphatic rings. The smallest absolute Gasteiger partial charge is 0.237 e. The zero-order valence-corrected chi connectivity index (χ0v) is 16.0. The quantitative estimate of drug-likeness (QED) is 0.801. The third kappa shape index (κ3) is 4.91. The first-order valence-corrected chi connectivity index (χ1v) is 8.48. The Kier molecular flexibility index (Phi) is 8.13. The fourth-order valence-electron chi connectivity index (χ4n) is 2.82. The molecule has 1 saturated heterocycles. The number of nitrogens with one attached hydrogen (secondary N) is 1. The minimum atomic E-state index is -0.449. The first kappa shape index (κ1) is 20.9. The van der Waals surface area contributed by atoms with Crippen molar-refractivity contribution in [2.45, 2.75) is 38.8 Å². The van der Waals surface area contributed by atoms with Crippen LogP contribution in [0.1, 0.15) is 26.7 Å². The number of methoxy groups -OCH3 is 1. The number of carbonyl (C=O) groups excluding carboxylic acids is 1. The number of hydrogen-bond acceptors (Lipinski definition) is 4. The molecule has 24 heavy (non-hydrogen) atoms. The highest BCUT2D eigenvalue weighted by Gasteiger charge is 2.28. The molecule has 0 radical (unpaired) electrons. The molecule has 3 N–H and O–H groups in total.